The van der Waals surface area contributed by atoms with E-state index in [9.17, 15) is 9.59 Å². The van der Waals surface area contributed by atoms with Gasteiger partial charge in [0.2, 0.25) is 5.90 Å². The normalized spacial score (nSPS) is 13.1. The molecule has 236 valence electrons. The van der Waals surface area contributed by atoms with Crippen LogP contribution in [0.2, 0.25) is 0 Å². The number of H-pyrrole nitrogens is 1. The number of ether oxygens (including phenoxy) is 2. The van der Waals surface area contributed by atoms with E-state index in [1.165, 1.54) is 7.11 Å². The minimum atomic E-state index is -0.372. The summed E-state index contributed by atoms with van der Waals surface area (Å²) in [5.41, 5.74) is 3.81. The van der Waals surface area contributed by atoms with E-state index < -0.39 is 0 Å². The minimum absolute atomic E-state index is 0. The lowest BCUT2D eigenvalue weighted by molar-refractivity contribution is 0.0988. The Hall–Kier alpha value is -3.83. The second-order valence-corrected chi connectivity index (χ2v) is 10.9. The average Bonchev–Trinajstić information content (AvgIpc) is 3.53. The molecule has 13 heteroatoms. The summed E-state index contributed by atoms with van der Waals surface area (Å²) >= 11 is 0. The third-order valence-corrected chi connectivity index (χ3v) is 6.74. The average molecular weight is 664 g/mol. The monoisotopic (exact) mass is 662 g/mol. The van der Waals surface area contributed by atoms with E-state index in [4.69, 9.17) is 9.47 Å². The number of amides is 2. The molecule has 10 nitrogen and oxygen atoms in total. The maximum Gasteiger partial charge on any atom is 0.259 e. The smallest absolute Gasteiger partial charge is 0.259 e. The van der Waals surface area contributed by atoms with E-state index in [2.05, 4.69) is 20.3 Å². The Morgan fingerprint density at radius 2 is 1.75 bits per heavy atom. The van der Waals surface area contributed by atoms with Gasteiger partial charge in [-0.2, -0.15) is 0 Å². The molecular weight excluding hydrogens is 627 g/mol. The number of benzene rings is 3. The van der Waals surface area contributed by atoms with E-state index in [0.717, 1.165) is 16.9 Å². The summed E-state index contributed by atoms with van der Waals surface area (Å²) in [6.45, 7) is 5.11. The van der Waals surface area contributed by atoms with Gasteiger partial charge >= 0.3 is 0 Å². The van der Waals surface area contributed by atoms with Gasteiger partial charge in [0.05, 0.1) is 47.2 Å². The van der Waals surface area contributed by atoms with Crippen molar-refractivity contribution < 1.29 is 19.1 Å². The number of nitrogens with zero attached hydrogens (tertiary/aromatic N) is 4. The van der Waals surface area contributed by atoms with Gasteiger partial charge in [0.1, 0.15) is 23.7 Å². The van der Waals surface area contributed by atoms with Crippen molar-refractivity contribution in [2.75, 3.05) is 45.1 Å². The largest absolute Gasteiger partial charge is 0.496 e. The summed E-state index contributed by atoms with van der Waals surface area (Å²) in [6.07, 6.45) is 0. The molecule has 44 heavy (non-hydrogen) atoms. The molecule has 4 aromatic rings. The first-order chi connectivity index (χ1) is 19.6. The second-order valence-electron chi connectivity index (χ2n) is 10.9. The molecule has 0 spiro atoms. The molecule has 2 amide bonds. The van der Waals surface area contributed by atoms with E-state index in [-0.39, 0.29) is 60.3 Å². The molecule has 2 N–H and O–H groups in total. The number of imidazole rings is 1. The third-order valence-electron chi connectivity index (χ3n) is 6.74. The number of fused-ring (bicyclic) bond motifs is 1. The Kier molecular flexibility index (Phi) is 12.2. The molecule has 2 heterocycles. The van der Waals surface area contributed by atoms with Crippen molar-refractivity contribution in [2.24, 2.45) is 4.99 Å². The number of carbonyl (C=O) groups is 2. The highest BCUT2D eigenvalue weighted by atomic mass is 35.5. The van der Waals surface area contributed by atoms with Gasteiger partial charge in [-0.3, -0.25) is 9.59 Å². The van der Waals surface area contributed by atoms with Crippen LogP contribution in [-0.2, 0) is 11.3 Å². The van der Waals surface area contributed by atoms with Gasteiger partial charge < -0.3 is 29.6 Å². The first-order valence-corrected chi connectivity index (χ1v) is 13.3. The summed E-state index contributed by atoms with van der Waals surface area (Å²) in [7, 11) is 7.10. The molecule has 0 bridgehead atoms. The van der Waals surface area contributed by atoms with E-state index in [1.54, 1.807) is 36.2 Å². The zero-order valence-corrected chi connectivity index (χ0v) is 27.8. The van der Waals surface area contributed by atoms with Gasteiger partial charge in [-0.15, -0.1) is 37.2 Å². The molecule has 0 unspecified atom stereocenters. The molecule has 3 aromatic carbocycles. The molecule has 0 saturated carbocycles. The van der Waals surface area contributed by atoms with Crippen molar-refractivity contribution in [2.45, 2.75) is 25.9 Å². The summed E-state index contributed by atoms with van der Waals surface area (Å²) < 4.78 is 11.4. The summed E-state index contributed by atoms with van der Waals surface area (Å²) in [6, 6.07) is 17.8. The van der Waals surface area contributed by atoms with Crippen molar-refractivity contribution >= 4 is 77.3 Å². The van der Waals surface area contributed by atoms with Crippen LogP contribution in [0.5, 0.6) is 5.75 Å². The van der Waals surface area contributed by atoms with E-state index in [1.807, 2.05) is 69.2 Å². The van der Waals surface area contributed by atoms with Gasteiger partial charge in [-0.1, -0.05) is 18.2 Å². The van der Waals surface area contributed by atoms with Gasteiger partial charge in [0.25, 0.3) is 11.8 Å². The van der Waals surface area contributed by atoms with Crippen LogP contribution in [-0.4, -0.2) is 73.0 Å². The van der Waals surface area contributed by atoms with E-state index in [0.29, 0.717) is 47.1 Å². The summed E-state index contributed by atoms with van der Waals surface area (Å²) in [4.78, 5) is 43.1. The number of nitrogens with one attached hydrogen (secondary N) is 2. The fourth-order valence-corrected chi connectivity index (χ4v) is 4.73. The molecule has 0 radical (unpaired) electrons. The Balaban J connectivity index is 0.00000225. The summed E-state index contributed by atoms with van der Waals surface area (Å²) in [5.74, 6) is 0.949. The zero-order chi connectivity index (χ0) is 29.3. The van der Waals surface area contributed by atoms with Crippen LogP contribution >= 0.6 is 37.2 Å². The highest BCUT2D eigenvalue weighted by Crippen LogP contribution is 2.29. The standard InChI is InChI=1S/C31H34N6O4.3ClH/c1-31(2)18-41-29(35-31)20-10-7-8-13-24(20)37(5)30(39)19-14-15-21(25(16-19)40-6)28(38)33-23-12-9-11-22-27(23)34-26(32-22)17-36(3)4;;;/h7-16H,17-18H2,1-6H3,(H,32,34)(H,33,38);3*1H. The fraction of sp³-hybridized carbons (Fsp3) is 0.290. The van der Waals surface area contributed by atoms with Crippen molar-refractivity contribution in [3.8, 4) is 5.75 Å². The summed E-state index contributed by atoms with van der Waals surface area (Å²) in [5, 5.41) is 2.95. The van der Waals surface area contributed by atoms with Gasteiger partial charge in [0.15, 0.2) is 0 Å². The third kappa shape index (κ3) is 7.62. The van der Waals surface area contributed by atoms with Crippen LogP contribution in [0, 0.1) is 0 Å². The highest BCUT2D eigenvalue weighted by molar-refractivity contribution is 6.13. The van der Waals surface area contributed by atoms with Crippen LogP contribution in [0.1, 0.15) is 46.0 Å². The molecule has 1 aliphatic rings. The number of aromatic amines is 1. The number of aromatic nitrogens is 2. The predicted octanol–water partition coefficient (Wildman–Crippen LogP) is 5.98. The lowest BCUT2D eigenvalue weighted by Gasteiger charge is -2.21. The molecule has 5 rings (SSSR count). The molecule has 0 fully saturated rings. The van der Waals surface area contributed by atoms with Gasteiger partial charge in [-0.05, 0) is 70.4 Å². The molecule has 1 aliphatic heterocycles. The van der Waals surface area contributed by atoms with Crippen molar-refractivity contribution in [1.82, 2.24) is 14.9 Å². The number of hydrogen-bond acceptors (Lipinski definition) is 7. The zero-order valence-electron chi connectivity index (χ0n) is 25.3. The topological polar surface area (TPSA) is 112 Å². The Morgan fingerprint density at radius 3 is 2.41 bits per heavy atom. The fourth-order valence-electron chi connectivity index (χ4n) is 4.73. The number of methoxy groups -OCH3 is 1. The van der Waals surface area contributed by atoms with Crippen molar-refractivity contribution in [1.29, 1.82) is 0 Å². The lowest BCUT2D eigenvalue weighted by Crippen LogP contribution is -2.28. The minimum Gasteiger partial charge on any atom is -0.496 e. The SMILES string of the molecule is COc1cc(C(=O)N(C)c2ccccc2C2=NC(C)(C)CO2)ccc1C(=O)Nc1cccc2[nH]c(CN(C)C)nc12.Cl.Cl.Cl. The molecular formula is C31H37Cl3N6O4. The van der Waals surface area contributed by atoms with Crippen LogP contribution in [0.25, 0.3) is 11.0 Å². The molecule has 0 saturated heterocycles. The molecule has 1 aromatic heterocycles. The molecule has 0 aliphatic carbocycles. The number of halogens is 3. The van der Waals surface area contributed by atoms with Crippen LogP contribution in [0.15, 0.2) is 65.7 Å². The second kappa shape index (κ2) is 14.8. The Morgan fingerprint density at radius 1 is 1.02 bits per heavy atom. The first-order valence-electron chi connectivity index (χ1n) is 13.3. The number of anilines is 2. The van der Waals surface area contributed by atoms with E-state index >= 15 is 0 Å². The quantitative estimate of drug-likeness (QED) is 0.240. The number of aliphatic imine (C=N–C) groups is 1. The van der Waals surface area contributed by atoms with Crippen LogP contribution in [0.4, 0.5) is 11.4 Å². The molecule has 0 atom stereocenters. The lowest BCUT2D eigenvalue weighted by atomic mass is 10.1. The van der Waals surface area contributed by atoms with Crippen LogP contribution < -0.4 is 15.0 Å². The number of para-hydroxylation sites is 2. The first kappa shape index (κ1) is 36.4. The predicted molar refractivity (Wildman–Crippen MR) is 182 cm³/mol. The van der Waals surface area contributed by atoms with Gasteiger partial charge in [0, 0.05) is 12.6 Å². The van der Waals surface area contributed by atoms with Gasteiger partial charge in [-0.25, -0.2) is 9.98 Å². The number of hydrogen-bond donors (Lipinski definition) is 2. The maximum absolute atomic E-state index is 13.6. The Labute approximate surface area is 275 Å². The van der Waals surface area contributed by atoms with Crippen LogP contribution in [0.3, 0.4) is 0 Å². The maximum atomic E-state index is 13.6. The highest BCUT2D eigenvalue weighted by Gasteiger charge is 2.29. The number of carbonyl (C=O) groups excluding carboxylic acids is 2. The van der Waals surface area contributed by atoms with Crippen molar-refractivity contribution in [3.05, 3.63) is 83.2 Å². The van der Waals surface area contributed by atoms with Crippen molar-refractivity contribution in [3.63, 3.8) is 0 Å². The number of rotatable bonds is 8. The Bertz CT molecular complexity index is 1670.